The van der Waals surface area contributed by atoms with Crippen molar-refractivity contribution in [3.8, 4) is 0 Å². The first-order valence-corrected chi connectivity index (χ1v) is 10.4. The van der Waals surface area contributed by atoms with Crippen LogP contribution in [0.2, 0.25) is 0 Å². The molecule has 0 saturated carbocycles. The van der Waals surface area contributed by atoms with E-state index in [-0.39, 0.29) is 12.0 Å². The molecule has 1 atom stereocenters. The zero-order valence-corrected chi connectivity index (χ0v) is 17.9. The van der Waals surface area contributed by atoms with Gasteiger partial charge in [0.25, 0.3) is 0 Å². The molecule has 0 aromatic heterocycles. The summed E-state index contributed by atoms with van der Waals surface area (Å²) in [6.07, 6.45) is 0. The van der Waals surface area contributed by atoms with Gasteiger partial charge in [0, 0.05) is 45.5 Å². The molecule has 0 bridgehead atoms. The van der Waals surface area contributed by atoms with Crippen LogP contribution in [-0.4, -0.2) is 79.6 Å². The number of nitrogens with one attached hydrogen (secondary N) is 1. The highest BCUT2D eigenvalue weighted by Gasteiger charge is 2.37. The van der Waals surface area contributed by atoms with Crippen LogP contribution in [0.1, 0.15) is 31.0 Å². The van der Waals surface area contributed by atoms with E-state index in [9.17, 15) is 9.59 Å². The van der Waals surface area contributed by atoms with Gasteiger partial charge in [-0.25, -0.2) is 9.59 Å². The number of piperazine rings is 1. The predicted octanol–water partition coefficient (Wildman–Crippen LogP) is 2.15. The van der Waals surface area contributed by atoms with Crippen molar-refractivity contribution in [1.29, 1.82) is 0 Å². The van der Waals surface area contributed by atoms with E-state index in [0.29, 0.717) is 18.7 Å². The molecule has 1 N–H and O–H groups in total. The first kappa shape index (κ1) is 21.3. The third-order valence-electron chi connectivity index (χ3n) is 5.73. The minimum Gasteiger partial charge on any atom is -0.463 e. The van der Waals surface area contributed by atoms with Gasteiger partial charge in [0.05, 0.1) is 18.2 Å². The number of ether oxygens (including phenoxy) is 1. The Morgan fingerprint density at radius 1 is 1.17 bits per heavy atom. The van der Waals surface area contributed by atoms with Crippen LogP contribution in [0.25, 0.3) is 0 Å². The van der Waals surface area contributed by atoms with E-state index in [4.69, 9.17) is 4.74 Å². The fraction of sp³-hybridized carbons (Fsp3) is 0.545. The van der Waals surface area contributed by atoms with Gasteiger partial charge in [0.15, 0.2) is 0 Å². The summed E-state index contributed by atoms with van der Waals surface area (Å²) in [6.45, 7) is 11.7. The lowest BCUT2D eigenvalue weighted by Gasteiger charge is -2.39. The number of aryl methyl sites for hydroxylation is 1. The van der Waals surface area contributed by atoms with Gasteiger partial charge in [0.2, 0.25) is 0 Å². The number of urea groups is 1. The first-order valence-electron chi connectivity index (χ1n) is 10.4. The highest BCUT2D eigenvalue weighted by atomic mass is 16.5. The number of benzene rings is 1. The second kappa shape index (κ2) is 9.41. The number of likely N-dealkylation sites (N-methyl/N-ethyl adjacent to an activating group) is 2. The zero-order chi connectivity index (χ0) is 21.0. The predicted molar refractivity (Wildman–Crippen MR) is 112 cm³/mol. The van der Waals surface area contributed by atoms with Gasteiger partial charge < -0.3 is 15.0 Å². The number of hydrogen-bond donors (Lipinski definition) is 1. The third kappa shape index (κ3) is 4.79. The molecule has 0 unspecified atom stereocenters. The Bertz CT molecular complexity index is 784. The first-order chi connectivity index (χ1) is 13.9. The molecule has 3 rings (SSSR count). The molecule has 0 aliphatic carbocycles. The van der Waals surface area contributed by atoms with Crippen LogP contribution in [0, 0.1) is 6.92 Å². The van der Waals surface area contributed by atoms with Gasteiger partial charge in [-0.1, -0.05) is 36.8 Å². The van der Waals surface area contributed by atoms with Crippen LogP contribution in [0.5, 0.6) is 0 Å². The minimum absolute atomic E-state index is 0.202. The number of carbonyl (C=O) groups excluding carboxylic acids is 2. The molecule has 2 amide bonds. The monoisotopic (exact) mass is 400 g/mol. The molecule has 2 heterocycles. The Hall–Kier alpha value is -2.38. The highest BCUT2D eigenvalue weighted by molar-refractivity contribution is 5.95. The number of amides is 2. The number of nitrogens with zero attached hydrogens (tertiary/aromatic N) is 3. The molecule has 0 radical (unpaired) electrons. The summed E-state index contributed by atoms with van der Waals surface area (Å²) in [5.41, 5.74) is 3.22. The molecule has 2 aliphatic heterocycles. The molecule has 2 aliphatic rings. The van der Waals surface area contributed by atoms with E-state index in [1.807, 2.05) is 31.2 Å². The van der Waals surface area contributed by atoms with Crippen molar-refractivity contribution in [2.24, 2.45) is 0 Å². The Kier molecular flexibility index (Phi) is 6.92. The molecule has 1 aromatic rings. The fourth-order valence-corrected chi connectivity index (χ4v) is 3.97. The lowest BCUT2D eigenvalue weighted by atomic mass is 9.93. The van der Waals surface area contributed by atoms with E-state index in [0.717, 1.165) is 49.5 Å². The highest BCUT2D eigenvalue weighted by Crippen LogP contribution is 2.32. The van der Waals surface area contributed by atoms with E-state index in [2.05, 4.69) is 22.0 Å². The Balaban J connectivity index is 1.98. The zero-order valence-electron chi connectivity index (χ0n) is 17.9. The third-order valence-corrected chi connectivity index (χ3v) is 5.73. The molecule has 1 aromatic carbocycles. The van der Waals surface area contributed by atoms with E-state index in [1.54, 1.807) is 18.9 Å². The molecule has 1 saturated heterocycles. The SMILES string of the molecule is CCOC(=O)C1=C(CN2CCN(CC)CC2)N(C)C(=O)N[C@@H]1c1cccc(C)c1. The average Bonchev–Trinajstić information content (AvgIpc) is 2.72. The summed E-state index contributed by atoms with van der Waals surface area (Å²) in [7, 11) is 1.72. The van der Waals surface area contributed by atoms with E-state index >= 15 is 0 Å². The quantitative estimate of drug-likeness (QED) is 0.742. The van der Waals surface area contributed by atoms with Crippen molar-refractivity contribution >= 4 is 12.0 Å². The molecule has 1 fully saturated rings. The van der Waals surface area contributed by atoms with Crippen molar-refractivity contribution < 1.29 is 14.3 Å². The summed E-state index contributed by atoms with van der Waals surface area (Å²) < 4.78 is 5.40. The standard InChI is InChI=1S/C22H32N4O3/c1-5-25-10-12-26(13-11-25)15-18-19(21(27)29-6-2)20(23-22(28)24(18)4)17-9-7-8-16(3)14-17/h7-9,14,20H,5-6,10-13,15H2,1-4H3,(H,23,28)/t20-/m1/s1. The van der Waals surface area contributed by atoms with Crippen LogP contribution >= 0.6 is 0 Å². The second-order valence-electron chi connectivity index (χ2n) is 7.65. The van der Waals surface area contributed by atoms with Crippen molar-refractivity contribution in [2.45, 2.75) is 26.8 Å². The summed E-state index contributed by atoms with van der Waals surface area (Å²) >= 11 is 0. The molecule has 29 heavy (non-hydrogen) atoms. The van der Waals surface area contributed by atoms with Crippen molar-refractivity contribution in [1.82, 2.24) is 20.0 Å². The Morgan fingerprint density at radius 3 is 2.48 bits per heavy atom. The molecule has 7 heteroatoms. The smallest absolute Gasteiger partial charge is 0.338 e. The van der Waals surface area contributed by atoms with Crippen LogP contribution in [0.3, 0.4) is 0 Å². The van der Waals surface area contributed by atoms with Crippen LogP contribution in [0.4, 0.5) is 4.79 Å². The van der Waals surface area contributed by atoms with Gasteiger partial charge in [-0.15, -0.1) is 0 Å². The summed E-state index contributed by atoms with van der Waals surface area (Å²) in [5, 5.41) is 2.98. The maximum Gasteiger partial charge on any atom is 0.338 e. The Labute approximate surface area is 173 Å². The maximum atomic E-state index is 13.0. The summed E-state index contributed by atoms with van der Waals surface area (Å²) in [5.74, 6) is -0.368. The van der Waals surface area contributed by atoms with Gasteiger partial charge in [0.1, 0.15) is 0 Å². The number of rotatable bonds is 6. The maximum absolute atomic E-state index is 13.0. The van der Waals surface area contributed by atoms with Crippen molar-refractivity contribution in [3.63, 3.8) is 0 Å². The van der Waals surface area contributed by atoms with Gasteiger partial charge >= 0.3 is 12.0 Å². The molecule has 0 spiro atoms. The second-order valence-corrected chi connectivity index (χ2v) is 7.65. The van der Waals surface area contributed by atoms with Gasteiger partial charge in [-0.05, 0) is 26.0 Å². The fourth-order valence-electron chi connectivity index (χ4n) is 3.97. The average molecular weight is 401 g/mol. The van der Waals surface area contributed by atoms with Gasteiger partial charge in [-0.2, -0.15) is 0 Å². The van der Waals surface area contributed by atoms with Crippen LogP contribution in [0.15, 0.2) is 35.5 Å². The largest absolute Gasteiger partial charge is 0.463 e. The van der Waals surface area contributed by atoms with Crippen LogP contribution in [-0.2, 0) is 9.53 Å². The number of hydrogen-bond acceptors (Lipinski definition) is 5. The molecular weight excluding hydrogens is 368 g/mol. The molecular formula is C22H32N4O3. The number of carbonyl (C=O) groups is 2. The Morgan fingerprint density at radius 2 is 1.86 bits per heavy atom. The lowest BCUT2D eigenvalue weighted by molar-refractivity contribution is -0.139. The van der Waals surface area contributed by atoms with E-state index in [1.165, 1.54) is 0 Å². The van der Waals surface area contributed by atoms with Crippen LogP contribution < -0.4 is 5.32 Å². The summed E-state index contributed by atoms with van der Waals surface area (Å²) in [4.78, 5) is 32.0. The topological polar surface area (TPSA) is 65.1 Å². The van der Waals surface area contributed by atoms with Crippen molar-refractivity contribution in [3.05, 3.63) is 46.7 Å². The molecule has 7 nitrogen and oxygen atoms in total. The van der Waals surface area contributed by atoms with Crippen molar-refractivity contribution in [2.75, 3.05) is 52.9 Å². The summed E-state index contributed by atoms with van der Waals surface area (Å²) in [6, 6.07) is 7.19. The normalized spacial score (nSPS) is 21.3. The van der Waals surface area contributed by atoms with Gasteiger partial charge in [-0.3, -0.25) is 9.80 Å². The van der Waals surface area contributed by atoms with E-state index < -0.39 is 6.04 Å². The number of esters is 1. The lowest BCUT2D eigenvalue weighted by Crippen LogP contribution is -2.52. The minimum atomic E-state index is -0.510. The molecule has 158 valence electrons.